The van der Waals surface area contributed by atoms with E-state index in [1.807, 2.05) is 0 Å². The average molecular weight is 350 g/mol. The molecular formula is C14H19FO9. The highest BCUT2D eigenvalue weighted by molar-refractivity contribution is 5.68. The van der Waals surface area contributed by atoms with Gasteiger partial charge in [-0.25, -0.2) is 4.39 Å². The zero-order valence-electron chi connectivity index (χ0n) is 13.6. The second-order valence-corrected chi connectivity index (χ2v) is 5.05. The predicted molar refractivity (Wildman–Crippen MR) is 73.1 cm³/mol. The summed E-state index contributed by atoms with van der Waals surface area (Å²) in [5.74, 6) is -3.09. The fourth-order valence-corrected chi connectivity index (χ4v) is 2.18. The van der Waals surface area contributed by atoms with Gasteiger partial charge < -0.3 is 23.7 Å². The normalized spacial score (nSPS) is 29.3. The molecule has 1 heterocycles. The summed E-state index contributed by atoms with van der Waals surface area (Å²) in [5, 5.41) is 0. The summed E-state index contributed by atoms with van der Waals surface area (Å²) in [4.78, 5) is 44.7. The van der Waals surface area contributed by atoms with Gasteiger partial charge >= 0.3 is 23.9 Å². The van der Waals surface area contributed by atoms with Gasteiger partial charge in [0.05, 0.1) is 0 Å². The van der Waals surface area contributed by atoms with Crippen molar-refractivity contribution in [3.63, 3.8) is 0 Å². The molecule has 0 aromatic rings. The Labute approximate surface area is 137 Å². The molecule has 0 aromatic carbocycles. The third-order valence-electron chi connectivity index (χ3n) is 2.93. The molecule has 1 fully saturated rings. The number of alkyl halides is 1. The van der Waals surface area contributed by atoms with Crippen LogP contribution in [-0.4, -0.2) is 61.3 Å². The van der Waals surface area contributed by atoms with Crippen molar-refractivity contribution in [3.8, 4) is 0 Å². The van der Waals surface area contributed by atoms with Crippen molar-refractivity contribution < 1.29 is 47.3 Å². The van der Waals surface area contributed by atoms with Crippen molar-refractivity contribution in [2.45, 2.75) is 58.5 Å². The molecule has 0 N–H and O–H groups in total. The number of esters is 4. The van der Waals surface area contributed by atoms with Crippen LogP contribution >= 0.6 is 0 Å². The average Bonchev–Trinajstić information content (AvgIpc) is 2.42. The highest BCUT2D eigenvalue weighted by Crippen LogP contribution is 2.29. The Morgan fingerprint density at radius 3 is 1.71 bits per heavy atom. The van der Waals surface area contributed by atoms with Crippen molar-refractivity contribution in [1.82, 2.24) is 0 Å². The lowest BCUT2D eigenvalue weighted by Gasteiger charge is -2.41. The van der Waals surface area contributed by atoms with Crippen molar-refractivity contribution in [1.29, 1.82) is 0 Å². The van der Waals surface area contributed by atoms with Crippen molar-refractivity contribution in [2.75, 3.05) is 6.61 Å². The molecule has 0 aliphatic carbocycles. The standard InChI is InChI=1S/C14H19FO9/c1-6(16)20-5-10-11(21-7(2)17)12(22-8(3)18)13(14(15)24-10)23-9(4)19/h10-14H,5H2,1-4H3/t10?,11-,12?,13?,14-/m0/s1. The van der Waals surface area contributed by atoms with Gasteiger partial charge in [0.1, 0.15) is 12.7 Å². The summed E-state index contributed by atoms with van der Waals surface area (Å²) in [5.41, 5.74) is 0. The fourth-order valence-electron chi connectivity index (χ4n) is 2.18. The maximum absolute atomic E-state index is 14.2. The molecule has 24 heavy (non-hydrogen) atoms. The molecule has 0 amide bonds. The molecule has 1 aliphatic heterocycles. The molecule has 5 atom stereocenters. The predicted octanol–water partition coefficient (Wildman–Crippen LogP) is 0.0390. The van der Waals surface area contributed by atoms with Gasteiger partial charge in [-0.3, -0.25) is 19.2 Å². The molecule has 1 rings (SSSR count). The van der Waals surface area contributed by atoms with E-state index in [-0.39, 0.29) is 0 Å². The summed E-state index contributed by atoms with van der Waals surface area (Å²) >= 11 is 0. The molecule has 0 spiro atoms. The van der Waals surface area contributed by atoms with Crippen LogP contribution in [0.1, 0.15) is 27.7 Å². The molecule has 0 aromatic heterocycles. The molecule has 1 saturated heterocycles. The lowest BCUT2D eigenvalue weighted by Crippen LogP contribution is -2.61. The quantitative estimate of drug-likeness (QED) is 0.500. The first-order valence-electron chi connectivity index (χ1n) is 7.06. The van der Waals surface area contributed by atoms with Crippen LogP contribution in [0, 0.1) is 0 Å². The van der Waals surface area contributed by atoms with Gasteiger partial charge in [-0.1, -0.05) is 0 Å². The highest BCUT2D eigenvalue weighted by atomic mass is 19.1. The summed E-state index contributed by atoms with van der Waals surface area (Å²) < 4.78 is 38.7. The van der Waals surface area contributed by atoms with Gasteiger partial charge in [0.15, 0.2) is 18.3 Å². The minimum Gasteiger partial charge on any atom is -0.463 e. The SMILES string of the molecule is CC(=O)OCC1O[C@H](F)C(OC(C)=O)C(OC(C)=O)[C@H]1OC(C)=O. The van der Waals surface area contributed by atoms with Gasteiger partial charge in [-0.15, -0.1) is 0 Å². The van der Waals surface area contributed by atoms with E-state index < -0.39 is 61.3 Å². The van der Waals surface area contributed by atoms with Gasteiger partial charge in [-0.2, -0.15) is 0 Å². The van der Waals surface area contributed by atoms with Crippen molar-refractivity contribution in [2.24, 2.45) is 0 Å². The van der Waals surface area contributed by atoms with E-state index >= 15 is 0 Å². The first kappa shape index (κ1) is 19.8. The summed E-state index contributed by atoms with van der Waals surface area (Å²) in [6, 6.07) is 0. The fraction of sp³-hybridized carbons (Fsp3) is 0.714. The molecular weight excluding hydrogens is 331 g/mol. The Hall–Kier alpha value is -2.23. The summed E-state index contributed by atoms with van der Waals surface area (Å²) in [6.45, 7) is 3.85. The Kier molecular flexibility index (Phi) is 7.08. The summed E-state index contributed by atoms with van der Waals surface area (Å²) in [6.07, 6.45) is -7.85. The Morgan fingerprint density at radius 1 is 0.792 bits per heavy atom. The van der Waals surface area contributed by atoms with Crippen LogP contribution in [0.15, 0.2) is 0 Å². The number of carbonyl (C=O) groups is 4. The molecule has 0 bridgehead atoms. The van der Waals surface area contributed by atoms with Gasteiger partial charge in [-0.05, 0) is 0 Å². The van der Waals surface area contributed by atoms with E-state index in [2.05, 4.69) is 0 Å². The number of hydrogen-bond donors (Lipinski definition) is 0. The van der Waals surface area contributed by atoms with E-state index in [4.69, 9.17) is 23.7 Å². The van der Waals surface area contributed by atoms with Crippen molar-refractivity contribution >= 4 is 23.9 Å². The summed E-state index contributed by atoms with van der Waals surface area (Å²) in [7, 11) is 0. The van der Waals surface area contributed by atoms with Crippen LogP contribution < -0.4 is 0 Å². The second-order valence-electron chi connectivity index (χ2n) is 5.05. The van der Waals surface area contributed by atoms with E-state index in [1.54, 1.807) is 0 Å². The minimum absolute atomic E-state index is 0.446. The lowest BCUT2D eigenvalue weighted by molar-refractivity contribution is -0.277. The maximum Gasteiger partial charge on any atom is 0.303 e. The van der Waals surface area contributed by atoms with Crippen LogP contribution in [-0.2, 0) is 42.9 Å². The first-order valence-corrected chi connectivity index (χ1v) is 7.06. The van der Waals surface area contributed by atoms with E-state index in [0.717, 1.165) is 27.7 Å². The van der Waals surface area contributed by atoms with E-state index in [9.17, 15) is 23.6 Å². The second kappa shape index (κ2) is 8.57. The van der Waals surface area contributed by atoms with Gasteiger partial charge in [0.2, 0.25) is 6.36 Å². The Balaban J connectivity index is 3.11. The third kappa shape index (κ3) is 5.76. The van der Waals surface area contributed by atoms with Crippen LogP contribution in [0.2, 0.25) is 0 Å². The number of halogens is 1. The number of carbonyl (C=O) groups excluding carboxylic acids is 4. The van der Waals surface area contributed by atoms with Gasteiger partial charge in [0, 0.05) is 27.7 Å². The molecule has 136 valence electrons. The molecule has 3 unspecified atom stereocenters. The molecule has 9 nitrogen and oxygen atoms in total. The molecule has 0 radical (unpaired) electrons. The Morgan fingerprint density at radius 2 is 1.25 bits per heavy atom. The van der Waals surface area contributed by atoms with Crippen LogP contribution in [0.5, 0.6) is 0 Å². The topological polar surface area (TPSA) is 114 Å². The molecule has 0 saturated carbocycles. The number of ether oxygens (including phenoxy) is 5. The largest absolute Gasteiger partial charge is 0.463 e. The number of rotatable bonds is 5. The molecule has 10 heteroatoms. The highest BCUT2D eigenvalue weighted by Gasteiger charge is 2.52. The minimum atomic E-state index is -2.18. The van der Waals surface area contributed by atoms with Crippen LogP contribution in [0.3, 0.4) is 0 Å². The first-order chi connectivity index (χ1) is 11.1. The maximum atomic E-state index is 14.2. The zero-order valence-corrected chi connectivity index (χ0v) is 13.6. The van der Waals surface area contributed by atoms with Crippen LogP contribution in [0.25, 0.3) is 0 Å². The smallest absolute Gasteiger partial charge is 0.303 e. The van der Waals surface area contributed by atoms with E-state index in [0.29, 0.717) is 0 Å². The molecule has 1 aliphatic rings. The number of hydrogen-bond acceptors (Lipinski definition) is 9. The van der Waals surface area contributed by atoms with Gasteiger partial charge in [0.25, 0.3) is 0 Å². The third-order valence-corrected chi connectivity index (χ3v) is 2.93. The Bertz CT molecular complexity index is 506. The van der Waals surface area contributed by atoms with Crippen LogP contribution in [0.4, 0.5) is 4.39 Å². The lowest BCUT2D eigenvalue weighted by atomic mass is 9.98. The van der Waals surface area contributed by atoms with E-state index in [1.165, 1.54) is 0 Å². The van der Waals surface area contributed by atoms with Crippen molar-refractivity contribution in [3.05, 3.63) is 0 Å². The zero-order chi connectivity index (χ0) is 18.4. The monoisotopic (exact) mass is 350 g/mol.